The summed E-state index contributed by atoms with van der Waals surface area (Å²) < 4.78 is 16.1. The molecule has 0 aliphatic carbocycles. The summed E-state index contributed by atoms with van der Waals surface area (Å²) in [5.74, 6) is 0.790. The Kier molecular flexibility index (Phi) is 4.58. The van der Waals surface area contributed by atoms with Crippen LogP contribution in [0.3, 0.4) is 0 Å². The largest absolute Gasteiger partial charge is 0.492 e. The summed E-state index contributed by atoms with van der Waals surface area (Å²) in [5, 5.41) is 4.52. The molecule has 0 saturated heterocycles. The Labute approximate surface area is 154 Å². The number of benzene rings is 2. The number of nitrogens with zero attached hydrogens (tertiary/aromatic N) is 2. The zero-order chi connectivity index (χ0) is 17.9. The number of fused-ring (bicyclic) bond motifs is 1. The third kappa shape index (κ3) is 3.55. The highest BCUT2D eigenvalue weighted by molar-refractivity contribution is 6.30. The molecule has 7 heteroatoms. The van der Waals surface area contributed by atoms with Crippen molar-refractivity contribution in [3.8, 4) is 17.1 Å². The number of hydrogen-bond donors (Lipinski definition) is 0. The van der Waals surface area contributed by atoms with Crippen LogP contribution in [0.1, 0.15) is 11.5 Å². The third-order valence-electron chi connectivity index (χ3n) is 4.12. The van der Waals surface area contributed by atoms with Crippen LogP contribution in [-0.2, 0) is 22.6 Å². The molecule has 2 aromatic carbocycles. The topological polar surface area (TPSA) is 74.5 Å². The quantitative estimate of drug-likeness (QED) is 0.652. The number of carbonyl (C=O) groups is 1. The number of para-hydroxylation sites is 1. The van der Waals surface area contributed by atoms with Crippen molar-refractivity contribution in [2.75, 3.05) is 6.61 Å². The molecule has 0 bridgehead atoms. The molecule has 1 aliphatic heterocycles. The lowest BCUT2D eigenvalue weighted by Gasteiger charge is -2.23. The van der Waals surface area contributed by atoms with Crippen molar-refractivity contribution < 1.29 is 18.8 Å². The van der Waals surface area contributed by atoms with Crippen molar-refractivity contribution in [1.29, 1.82) is 0 Å². The molecule has 1 aliphatic rings. The second-order valence-corrected chi connectivity index (χ2v) is 6.38. The standard InChI is InChI=1S/C19H15ClN2O4/c20-15-7-5-12(6-8-15)18-21-17(26-22-18)11-25-19(23)14-9-13-3-1-2-4-16(13)24-10-14/h1-8,14H,9-11H2/t14-/m1/s1. The Hall–Kier alpha value is -2.86. The predicted octanol–water partition coefficient (Wildman–Crippen LogP) is 3.68. The van der Waals surface area contributed by atoms with Gasteiger partial charge in [-0.2, -0.15) is 4.98 Å². The molecular formula is C19H15ClN2O4. The minimum Gasteiger partial charge on any atom is -0.492 e. The zero-order valence-electron chi connectivity index (χ0n) is 13.7. The van der Waals surface area contributed by atoms with Gasteiger partial charge >= 0.3 is 5.97 Å². The fraction of sp³-hybridized carbons (Fsp3) is 0.211. The molecule has 0 saturated carbocycles. The van der Waals surface area contributed by atoms with Gasteiger partial charge in [-0.15, -0.1) is 0 Å². The van der Waals surface area contributed by atoms with Gasteiger partial charge in [-0.05, 0) is 42.3 Å². The molecule has 0 N–H and O–H groups in total. The Morgan fingerprint density at radius 3 is 2.85 bits per heavy atom. The van der Waals surface area contributed by atoms with Gasteiger partial charge in [-0.25, -0.2) is 0 Å². The summed E-state index contributed by atoms with van der Waals surface area (Å²) in [4.78, 5) is 16.5. The van der Waals surface area contributed by atoms with Crippen molar-refractivity contribution in [3.05, 3.63) is 65.0 Å². The fourth-order valence-electron chi connectivity index (χ4n) is 2.76. The lowest BCUT2D eigenvalue weighted by atomic mass is 9.97. The average Bonchev–Trinajstić information content (AvgIpc) is 3.15. The molecule has 3 aromatic rings. The second kappa shape index (κ2) is 7.17. The van der Waals surface area contributed by atoms with Crippen LogP contribution in [0.25, 0.3) is 11.4 Å². The van der Waals surface area contributed by atoms with Crippen LogP contribution < -0.4 is 4.74 Å². The van der Waals surface area contributed by atoms with Crippen molar-refractivity contribution in [2.24, 2.45) is 5.92 Å². The lowest BCUT2D eigenvalue weighted by Crippen LogP contribution is -2.29. The molecular weight excluding hydrogens is 356 g/mol. The van der Waals surface area contributed by atoms with Gasteiger partial charge < -0.3 is 14.0 Å². The summed E-state index contributed by atoms with van der Waals surface area (Å²) in [5.41, 5.74) is 1.77. The summed E-state index contributed by atoms with van der Waals surface area (Å²) >= 11 is 5.86. The number of ether oxygens (including phenoxy) is 2. The Balaban J connectivity index is 1.36. The van der Waals surface area contributed by atoms with Gasteiger partial charge in [0, 0.05) is 10.6 Å². The van der Waals surface area contributed by atoms with Crippen LogP contribution in [-0.4, -0.2) is 22.7 Å². The number of aromatic nitrogens is 2. The molecule has 4 rings (SSSR count). The van der Waals surface area contributed by atoms with E-state index in [1.54, 1.807) is 24.3 Å². The molecule has 1 atom stereocenters. The average molecular weight is 371 g/mol. The van der Waals surface area contributed by atoms with Gasteiger partial charge in [0.05, 0.1) is 5.92 Å². The van der Waals surface area contributed by atoms with E-state index >= 15 is 0 Å². The van der Waals surface area contributed by atoms with E-state index in [2.05, 4.69) is 10.1 Å². The summed E-state index contributed by atoms with van der Waals surface area (Å²) in [6, 6.07) is 14.7. The molecule has 6 nitrogen and oxygen atoms in total. The highest BCUT2D eigenvalue weighted by Gasteiger charge is 2.27. The van der Waals surface area contributed by atoms with Crippen LogP contribution in [0, 0.1) is 5.92 Å². The van der Waals surface area contributed by atoms with Gasteiger partial charge in [-0.1, -0.05) is 35.0 Å². The summed E-state index contributed by atoms with van der Waals surface area (Å²) in [7, 11) is 0. The van der Waals surface area contributed by atoms with E-state index in [1.165, 1.54) is 0 Å². The maximum Gasteiger partial charge on any atom is 0.313 e. The molecule has 0 spiro atoms. The number of esters is 1. The molecule has 132 valence electrons. The van der Waals surface area contributed by atoms with E-state index in [-0.39, 0.29) is 24.4 Å². The molecule has 2 heterocycles. The van der Waals surface area contributed by atoms with Crippen LogP contribution in [0.2, 0.25) is 5.02 Å². The molecule has 0 fully saturated rings. The zero-order valence-corrected chi connectivity index (χ0v) is 14.5. The number of rotatable bonds is 4. The van der Waals surface area contributed by atoms with E-state index < -0.39 is 0 Å². The molecule has 1 aromatic heterocycles. The van der Waals surface area contributed by atoms with Gasteiger partial charge in [0.25, 0.3) is 5.89 Å². The van der Waals surface area contributed by atoms with Crippen LogP contribution in [0.5, 0.6) is 5.75 Å². The maximum atomic E-state index is 12.3. The molecule has 0 amide bonds. The first kappa shape index (κ1) is 16.6. The van der Waals surface area contributed by atoms with Crippen LogP contribution >= 0.6 is 11.6 Å². The van der Waals surface area contributed by atoms with Crippen molar-refractivity contribution in [1.82, 2.24) is 10.1 Å². The lowest BCUT2D eigenvalue weighted by molar-refractivity contribution is -0.152. The fourth-order valence-corrected chi connectivity index (χ4v) is 2.89. The summed E-state index contributed by atoms with van der Waals surface area (Å²) in [6.45, 7) is 0.229. The third-order valence-corrected chi connectivity index (χ3v) is 4.37. The number of carbonyl (C=O) groups excluding carboxylic acids is 1. The van der Waals surface area contributed by atoms with Crippen LogP contribution in [0.4, 0.5) is 0 Å². The first-order valence-electron chi connectivity index (χ1n) is 8.15. The van der Waals surface area contributed by atoms with E-state index in [4.69, 9.17) is 25.6 Å². The molecule has 0 unspecified atom stereocenters. The Bertz CT molecular complexity index is 923. The smallest absolute Gasteiger partial charge is 0.313 e. The van der Waals surface area contributed by atoms with Gasteiger partial charge in [0.15, 0.2) is 6.61 Å². The van der Waals surface area contributed by atoms with Gasteiger partial charge in [0.1, 0.15) is 12.4 Å². The normalized spacial score (nSPS) is 15.8. The Morgan fingerprint density at radius 2 is 2.00 bits per heavy atom. The highest BCUT2D eigenvalue weighted by Crippen LogP contribution is 2.27. The highest BCUT2D eigenvalue weighted by atomic mass is 35.5. The minimum absolute atomic E-state index is 0.0719. The van der Waals surface area contributed by atoms with E-state index in [0.717, 1.165) is 16.9 Å². The van der Waals surface area contributed by atoms with E-state index in [1.807, 2.05) is 24.3 Å². The van der Waals surface area contributed by atoms with Gasteiger partial charge in [0.2, 0.25) is 5.82 Å². The first-order chi connectivity index (χ1) is 12.7. The maximum absolute atomic E-state index is 12.3. The number of halogens is 1. The molecule has 0 radical (unpaired) electrons. The second-order valence-electron chi connectivity index (χ2n) is 5.95. The first-order valence-corrected chi connectivity index (χ1v) is 8.53. The Morgan fingerprint density at radius 1 is 1.19 bits per heavy atom. The monoisotopic (exact) mass is 370 g/mol. The minimum atomic E-state index is -0.344. The van der Waals surface area contributed by atoms with Gasteiger partial charge in [-0.3, -0.25) is 4.79 Å². The van der Waals surface area contributed by atoms with Crippen molar-refractivity contribution >= 4 is 17.6 Å². The van der Waals surface area contributed by atoms with E-state index in [0.29, 0.717) is 23.9 Å². The SMILES string of the molecule is O=C(OCc1nc(-c2ccc(Cl)cc2)no1)[C@H]1COc2ccccc2C1. The van der Waals surface area contributed by atoms with Crippen molar-refractivity contribution in [3.63, 3.8) is 0 Å². The van der Waals surface area contributed by atoms with E-state index in [9.17, 15) is 4.79 Å². The summed E-state index contributed by atoms with van der Waals surface area (Å²) in [6.07, 6.45) is 0.592. The van der Waals surface area contributed by atoms with Crippen molar-refractivity contribution in [2.45, 2.75) is 13.0 Å². The predicted molar refractivity (Wildman–Crippen MR) is 93.7 cm³/mol. The molecule has 26 heavy (non-hydrogen) atoms. The number of hydrogen-bond acceptors (Lipinski definition) is 6. The van der Waals surface area contributed by atoms with Crippen LogP contribution in [0.15, 0.2) is 53.1 Å².